The summed E-state index contributed by atoms with van der Waals surface area (Å²) >= 11 is 3.41. The fraction of sp³-hybridized carbons (Fsp3) is 0.133. The van der Waals surface area contributed by atoms with E-state index in [1.165, 1.54) is 12.1 Å². The predicted molar refractivity (Wildman–Crippen MR) is 81.9 cm³/mol. The summed E-state index contributed by atoms with van der Waals surface area (Å²) in [6.07, 6.45) is 0.469. The van der Waals surface area contributed by atoms with E-state index >= 15 is 0 Å². The number of halogens is 3. The van der Waals surface area contributed by atoms with Crippen LogP contribution in [-0.4, -0.2) is 9.55 Å². The summed E-state index contributed by atoms with van der Waals surface area (Å²) < 4.78 is 29.1. The van der Waals surface area contributed by atoms with Gasteiger partial charge in [-0.25, -0.2) is 13.8 Å². The first-order valence-electron chi connectivity index (χ1n) is 6.39. The normalized spacial score (nSPS) is 11.2. The number of nitrogens with zero attached hydrogens (tertiary/aromatic N) is 2. The third kappa shape index (κ3) is 2.90. The monoisotopic (exact) mass is 351 g/mol. The summed E-state index contributed by atoms with van der Waals surface area (Å²) in [5.74, 6) is -0.757. The molecular weight excluding hydrogens is 340 g/mol. The molecule has 6 heteroatoms. The Kier molecular flexibility index (Phi) is 3.63. The molecule has 3 aromatic rings. The van der Waals surface area contributed by atoms with E-state index in [-0.39, 0.29) is 0 Å². The van der Waals surface area contributed by atoms with Crippen LogP contribution < -0.4 is 5.73 Å². The van der Waals surface area contributed by atoms with Gasteiger partial charge in [-0.2, -0.15) is 0 Å². The molecule has 0 bridgehead atoms. The summed E-state index contributed by atoms with van der Waals surface area (Å²) in [5.41, 5.74) is 8.18. The molecule has 0 saturated heterocycles. The fourth-order valence-electron chi connectivity index (χ4n) is 2.35. The van der Waals surface area contributed by atoms with E-state index in [1.807, 2.05) is 22.8 Å². The molecule has 2 N–H and O–H groups in total. The van der Waals surface area contributed by atoms with E-state index in [2.05, 4.69) is 20.9 Å². The SMILES string of the molecule is Nc1nc2ccc(Br)cc2n1CCc1cc(F)cc(F)c1. The molecule has 0 spiro atoms. The number of aryl methyl sites for hydroxylation is 2. The van der Waals surface area contributed by atoms with Crippen molar-refractivity contribution in [3.63, 3.8) is 0 Å². The van der Waals surface area contributed by atoms with Crippen LogP contribution in [0.4, 0.5) is 14.7 Å². The van der Waals surface area contributed by atoms with Crippen LogP contribution in [0.5, 0.6) is 0 Å². The molecule has 1 aromatic heterocycles. The number of nitrogens with two attached hydrogens (primary N) is 1. The number of fused-ring (bicyclic) bond motifs is 1. The van der Waals surface area contributed by atoms with Gasteiger partial charge in [0.1, 0.15) is 11.6 Å². The second-order valence-electron chi connectivity index (χ2n) is 4.78. The molecule has 21 heavy (non-hydrogen) atoms. The van der Waals surface area contributed by atoms with Gasteiger partial charge in [0.05, 0.1) is 11.0 Å². The van der Waals surface area contributed by atoms with Crippen molar-refractivity contribution in [2.24, 2.45) is 0 Å². The number of imidazole rings is 1. The molecule has 108 valence electrons. The second kappa shape index (κ2) is 5.44. The Morgan fingerprint density at radius 3 is 2.52 bits per heavy atom. The third-order valence-corrected chi connectivity index (χ3v) is 3.78. The van der Waals surface area contributed by atoms with Gasteiger partial charge in [0.2, 0.25) is 5.95 Å². The van der Waals surface area contributed by atoms with Crippen molar-refractivity contribution in [3.8, 4) is 0 Å². The van der Waals surface area contributed by atoms with Crippen LogP contribution in [0.1, 0.15) is 5.56 Å². The minimum absolute atomic E-state index is 0.389. The van der Waals surface area contributed by atoms with Crippen LogP contribution in [-0.2, 0) is 13.0 Å². The zero-order valence-corrected chi connectivity index (χ0v) is 12.6. The molecule has 0 aliphatic carbocycles. The predicted octanol–water partition coefficient (Wildman–Crippen LogP) is 3.90. The highest BCUT2D eigenvalue weighted by Crippen LogP contribution is 2.22. The molecule has 0 amide bonds. The molecule has 1 heterocycles. The summed E-state index contributed by atoms with van der Waals surface area (Å²) in [7, 11) is 0. The summed E-state index contributed by atoms with van der Waals surface area (Å²) in [6, 6.07) is 9.20. The summed E-state index contributed by atoms with van der Waals surface area (Å²) in [6.45, 7) is 0.502. The van der Waals surface area contributed by atoms with Gasteiger partial charge in [-0.05, 0) is 42.3 Å². The van der Waals surface area contributed by atoms with Gasteiger partial charge < -0.3 is 10.3 Å². The molecule has 0 atom stereocenters. The molecular formula is C15H12BrF2N3. The third-order valence-electron chi connectivity index (χ3n) is 3.29. The standard InChI is InChI=1S/C15H12BrF2N3/c16-10-1-2-13-14(7-10)21(15(19)20-13)4-3-9-5-11(17)8-12(18)6-9/h1-2,5-8H,3-4H2,(H2,19,20). The van der Waals surface area contributed by atoms with E-state index in [1.54, 1.807) is 0 Å². The smallest absolute Gasteiger partial charge is 0.201 e. The van der Waals surface area contributed by atoms with Crippen molar-refractivity contribution >= 4 is 32.9 Å². The average Bonchev–Trinajstić information content (AvgIpc) is 2.70. The van der Waals surface area contributed by atoms with Crippen LogP contribution in [0.2, 0.25) is 0 Å². The molecule has 0 aliphatic rings. The Morgan fingerprint density at radius 1 is 1.10 bits per heavy atom. The topological polar surface area (TPSA) is 43.8 Å². The van der Waals surface area contributed by atoms with Crippen molar-refractivity contribution in [2.45, 2.75) is 13.0 Å². The van der Waals surface area contributed by atoms with Gasteiger partial charge in [0.25, 0.3) is 0 Å². The number of rotatable bonds is 3. The first-order chi connectivity index (χ1) is 10.0. The number of aromatic nitrogens is 2. The lowest BCUT2D eigenvalue weighted by Crippen LogP contribution is -2.06. The Hall–Kier alpha value is -1.95. The van der Waals surface area contributed by atoms with E-state index in [9.17, 15) is 8.78 Å². The average molecular weight is 352 g/mol. The Morgan fingerprint density at radius 2 is 1.81 bits per heavy atom. The first kappa shape index (κ1) is 14.0. The largest absolute Gasteiger partial charge is 0.369 e. The number of benzene rings is 2. The Balaban J connectivity index is 1.91. The molecule has 0 unspecified atom stereocenters. The van der Waals surface area contributed by atoms with Gasteiger partial charge in [0, 0.05) is 17.1 Å². The van der Waals surface area contributed by atoms with Crippen LogP contribution >= 0.6 is 15.9 Å². The van der Waals surface area contributed by atoms with E-state index in [0.717, 1.165) is 21.6 Å². The van der Waals surface area contributed by atoms with Crippen molar-refractivity contribution in [3.05, 3.63) is 58.1 Å². The van der Waals surface area contributed by atoms with E-state index < -0.39 is 11.6 Å². The van der Waals surface area contributed by atoms with E-state index in [4.69, 9.17) is 5.73 Å². The van der Waals surface area contributed by atoms with Gasteiger partial charge in [-0.1, -0.05) is 15.9 Å². The minimum atomic E-state index is -0.573. The van der Waals surface area contributed by atoms with Crippen LogP contribution in [0.25, 0.3) is 11.0 Å². The maximum Gasteiger partial charge on any atom is 0.201 e. The molecule has 0 saturated carbocycles. The van der Waals surface area contributed by atoms with Crippen LogP contribution in [0.15, 0.2) is 40.9 Å². The van der Waals surface area contributed by atoms with Gasteiger partial charge >= 0.3 is 0 Å². The molecule has 0 radical (unpaired) electrons. The molecule has 3 rings (SSSR count). The first-order valence-corrected chi connectivity index (χ1v) is 7.18. The molecule has 0 aliphatic heterocycles. The fourth-order valence-corrected chi connectivity index (χ4v) is 2.69. The maximum atomic E-state index is 13.2. The van der Waals surface area contributed by atoms with Crippen molar-refractivity contribution in [2.75, 3.05) is 5.73 Å². The summed E-state index contributed by atoms with van der Waals surface area (Å²) in [5, 5.41) is 0. The zero-order valence-electron chi connectivity index (χ0n) is 11.0. The molecule has 0 fully saturated rings. The number of hydrogen-bond acceptors (Lipinski definition) is 2. The lowest BCUT2D eigenvalue weighted by atomic mass is 10.1. The van der Waals surface area contributed by atoms with Crippen molar-refractivity contribution in [1.29, 1.82) is 0 Å². The van der Waals surface area contributed by atoms with Crippen molar-refractivity contribution < 1.29 is 8.78 Å². The van der Waals surface area contributed by atoms with Crippen LogP contribution in [0, 0.1) is 11.6 Å². The second-order valence-corrected chi connectivity index (χ2v) is 5.70. The van der Waals surface area contributed by atoms with Crippen LogP contribution in [0.3, 0.4) is 0 Å². The van der Waals surface area contributed by atoms with Gasteiger partial charge in [0.15, 0.2) is 0 Å². The lowest BCUT2D eigenvalue weighted by Gasteiger charge is -2.07. The number of anilines is 1. The number of hydrogen-bond donors (Lipinski definition) is 1. The van der Waals surface area contributed by atoms with Gasteiger partial charge in [-0.3, -0.25) is 0 Å². The highest BCUT2D eigenvalue weighted by molar-refractivity contribution is 9.10. The Labute approximate surface area is 128 Å². The quantitative estimate of drug-likeness (QED) is 0.777. The maximum absolute atomic E-state index is 13.2. The summed E-state index contributed by atoms with van der Waals surface area (Å²) in [4.78, 5) is 4.27. The molecule has 3 nitrogen and oxygen atoms in total. The van der Waals surface area contributed by atoms with Gasteiger partial charge in [-0.15, -0.1) is 0 Å². The Bertz CT molecular complexity index is 794. The zero-order chi connectivity index (χ0) is 15.0. The molecule has 2 aromatic carbocycles. The minimum Gasteiger partial charge on any atom is -0.369 e. The van der Waals surface area contributed by atoms with E-state index in [0.29, 0.717) is 24.5 Å². The number of nitrogen functional groups attached to an aromatic ring is 1. The highest BCUT2D eigenvalue weighted by Gasteiger charge is 2.09. The lowest BCUT2D eigenvalue weighted by molar-refractivity contribution is 0.577. The van der Waals surface area contributed by atoms with Crippen molar-refractivity contribution in [1.82, 2.24) is 9.55 Å². The highest BCUT2D eigenvalue weighted by atomic mass is 79.9.